The van der Waals surface area contributed by atoms with Gasteiger partial charge in [0.1, 0.15) is 0 Å². The van der Waals surface area contributed by atoms with E-state index in [4.69, 9.17) is 4.74 Å². The number of carbonyl (C=O) groups is 2. The van der Waals surface area contributed by atoms with Crippen molar-refractivity contribution < 1.29 is 23.1 Å². The van der Waals surface area contributed by atoms with Crippen LogP contribution in [0, 0.1) is 23.7 Å². The molecule has 0 aromatic carbocycles. The molecule has 0 spiro atoms. The predicted molar refractivity (Wildman–Crippen MR) is 81.3 cm³/mol. The molecule has 4 fully saturated rings. The number of nitrogens with one attached hydrogen (secondary N) is 1. The molecule has 2 saturated carbocycles. The Morgan fingerprint density at radius 2 is 1.92 bits per heavy atom. The third kappa shape index (κ3) is 3.15. The van der Waals surface area contributed by atoms with Gasteiger partial charge in [0, 0.05) is 50.9 Å². The van der Waals surface area contributed by atoms with Crippen molar-refractivity contribution in [3.05, 3.63) is 0 Å². The molecule has 0 aromatic rings. The van der Waals surface area contributed by atoms with Crippen molar-refractivity contribution >= 4 is 11.8 Å². The fourth-order valence-electron chi connectivity index (χ4n) is 4.23. The monoisotopic (exact) mass is 342 g/mol. The van der Waals surface area contributed by atoms with Crippen molar-refractivity contribution in [2.75, 3.05) is 26.2 Å². The average Bonchev–Trinajstić information content (AvgIpc) is 3.23. The summed E-state index contributed by atoms with van der Waals surface area (Å²) < 4.78 is 31.8. The summed E-state index contributed by atoms with van der Waals surface area (Å²) in [5.74, 6) is -3.11. The Kier molecular flexibility index (Phi) is 4.01. The maximum absolute atomic E-state index is 13.1. The summed E-state index contributed by atoms with van der Waals surface area (Å²) in [6.07, 6.45) is 2.29. The quantitative estimate of drug-likeness (QED) is 0.841. The molecule has 0 bridgehead atoms. The van der Waals surface area contributed by atoms with Gasteiger partial charge in [-0.2, -0.15) is 0 Å². The molecule has 134 valence electrons. The highest BCUT2D eigenvalue weighted by atomic mass is 19.3. The van der Waals surface area contributed by atoms with Gasteiger partial charge < -0.3 is 15.0 Å². The zero-order chi connectivity index (χ0) is 16.9. The van der Waals surface area contributed by atoms with E-state index in [2.05, 4.69) is 5.32 Å². The Bertz CT molecular complexity index is 530. The first kappa shape index (κ1) is 16.2. The van der Waals surface area contributed by atoms with Crippen LogP contribution in [0.2, 0.25) is 0 Å². The molecule has 2 aliphatic carbocycles. The van der Waals surface area contributed by atoms with Crippen molar-refractivity contribution in [2.24, 2.45) is 23.7 Å². The number of fused-ring (bicyclic) bond motifs is 1. The van der Waals surface area contributed by atoms with Gasteiger partial charge in [0.25, 0.3) is 0 Å². The van der Waals surface area contributed by atoms with Gasteiger partial charge in [-0.1, -0.05) is 0 Å². The topological polar surface area (TPSA) is 58.6 Å². The first-order chi connectivity index (χ1) is 11.4. The van der Waals surface area contributed by atoms with E-state index in [1.54, 1.807) is 4.90 Å². The smallest absolute Gasteiger partial charge is 0.249 e. The second-order valence-corrected chi connectivity index (χ2v) is 7.86. The van der Waals surface area contributed by atoms with Crippen LogP contribution in [0.1, 0.15) is 32.1 Å². The summed E-state index contributed by atoms with van der Waals surface area (Å²) in [5.41, 5.74) is 0. The SMILES string of the molecule is O=C(NCC1CC1)[C@@H]1CN(C(=O)C2CC(F)(F)C2)C[C@H]2OCC[C@H]21. The molecule has 2 saturated heterocycles. The molecule has 3 atom stereocenters. The van der Waals surface area contributed by atoms with E-state index in [9.17, 15) is 18.4 Å². The largest absolute Gasteiger partial charge is 0.376 e. The van der Waals surface area contributed by atoms with Crippen LogP contribution in [-0.2, 0) is 14.3 Å². The van der Waals surface area contributed by atoms with E-state index in [1.807, 2.05) is 0 Å². The minimum atomic E-state index is -2.70. The third-order valence-corrected chi connectivity index (χ3v) is 5.94. The lowest BCUT2D eigenvalue weighted by molar-refractivity contribution is -0.165. The van der Waals surface area contributed by atoms with Gasteiger partial charge in [0.15, 0.2) is 0 Å². The van der Waals surface area contributed by atoms with E-state index >= 15 is 0 Å². The molecule has 4 rings (SSSR count). The molecular weight excluding hydrogens is 318 g/mol. The maximum atomic E-state index is 13.1. The second kappa shape index (κ2) is 5.93. The summed E-state index contributed by atoms with van der Waals surface area (Å²) >= 11 is 0. The van der Waals surface area contributed by atoms with Crippen LogP contribution in [0.4, 0.5) is 8.78 Å². The van der Waals surface area contributed by atoms with Gasteiger partial charge in [0.2, 0.25) is 17.7 Å². The highest BCUT2D eigenvalue weighted by Crippen LogP contribution is 2.44. The predicted octanol–water partition coefficient (Wildman–Crippen LogP) is 1.42. The number of hydrogen-bond acceptors (Lipinski definition) is 3. The third-order valence-electron chi connectivity index (χ3n) is 5.94. The molecule has 1 N–H and O–H groups in total. The highest BCUT2D eigenvalue weighted by Gasteiger charge is 2.52. The zero-order valence-electron chi connectivity index (χ0n) is 13.7. The van der Waals surface area contributed by atoms with Gasteiger partial charge in [-0.05, 0) is 25.2 Å². The summed E-state index contributed by atoms with van der Waals surface area (Å²) in [4.78, 5) is 26.7. The summed E-state index contributed by atoms with van der Waals surface area (Å²) in [5, 5.41) is 3.00. The lowest BCUT2D eigenvalue weighted by Crippen LogP contribution is -2.57. The Morgan fingerprint density at radius 1 is 1.17 bits per heavy atom. The number of halogens is 2. The number of likely N-dealkylation sites (tertiary alicyclic amines) is 1. The van der Waals surface area contributed by atoms with Crippen molar-refractivity contribution in [3.63, 3.8) is 0 Å². The summed E-state index contributed by atoms with van der Waals surface area (Å²) in [6.45, 7) is 2.07. The van der Waals surface area contributed by atoms with Crippen molar-refractivity contribution in [2.45, 2.75) is 44.1 Å². The van der Waals surface area contributed by atoms with Crippen molar-refractivity contribution in [1.82, 2.24) is 10.2 Å². The Labute approximate surface area is 140 Å². The van der Waals surface area contributed by atoms with Gasteiger partial charge in [-0.25, -0.2) is 8.78 Å². The lowest BCUT2D eigenvalue weighted by atomic mass is 9.78. The fraction of sp³-hybridized carbons (Fsp3) is 0.882. The number of piperidine rings is 1. The molecule has 0 unspecified atom stereocenters. The first-order valence-electron chi connectivity index (χ1n) is 8.99. The minimum absolute atomic E-state index is 0.0150. The lowest BCUT2D eigenvalue weighted by Gasteiger charge is -2.43. The Morgan fingerprint density at radius 3 is 2.58 bits per heavy atom. The number of hydrogen-bond donors (Lipinski definition) is 1. The number of amides is 2. The first-order valence-corrected chi connectivity index (χ1v) is 8.99. The van der Waals surface area contributed by atoms with E-state index in [1.165, 1.54) is 12.8 Å². The van der Waals surface area contributed by atoms with Crippen LogP contribution in [0.5, 0.6) is 0 Å². The molecule has 24 heavy (non-hydrogen) atoms. The Balaban J connectivity index is 1.40. The number of nitrogens with zero attached hydrogens (tertiary/aromatic N) is 1. The van der Waals surface area contributed by atoms with Crippen LogP contribution in [0.15, 0.2) is 0 Å². The van der Waals surface area contributed by atoms with Crippen LogP contribution in [0.3, 0.4) is 0 Å². The van der Waals surface area contributed by atoms with E-state index in [0.29, 0.717) is 32.2 Å². The van der Waals surface area contributed by atoms with E-state index < -0.39 is 11.8 Å². The van der Waals surface area contributed by atoms with Gasteiger partial charge in [-0.15, -0.1) is 0 Å². The molecule has 2 aliphatic heterocycles. The molecule has 2 amide bonds. The van der Waals surface area contributed by atoms with E-state index in [0.717, 1.165) is 6.42 Å². The highest BCUT2D eigenvalue weighted by molar-refractivity contribution is 5.83. The van der Waals surface area contributed by atoms with Crippen LogP contribution < -0.4 is 5.32 Å². The fourth-order valence-corrected chi connectivity index (χ4v) is 4.23. The molecule has 2 heterocycles. The van der Waals surface area contributed by atoms with Crippen molar-refractivity contribution in [3.8, 4) is 0 Å². The van der Waals surface area contributed by atoms with Crippen LogP contribution in [0.25, 0.3) is 0 Å². The van der Waals surface area contributed by atoms with Crippen molar-refractivity contribution in [1.29, 1.82) is 0 Å². The molecule has 7 heteroatoms. The van der Waals surface area contributed by atoms with Gasteiger partial charge in [0.05, 0.1) is 12.0 Å². The minimum Gasteiger partial charge on any atom is -0.376 e. The second-order valence-electron chi connectivity index (χ2n) is 7.86. The Hall–Kier alpha value is -1.24. The molecule has 0 aromatic heterocycles. The van der Waals surface area contributed by atoms with E-state index in [-0.39, 0.29) is 42.6 Å². The average molecular weight is 342 g/mol. The van der Waals surface area contributed by atoms with Crippen LogP contribution >= 0.6 is 0 Å². The maximum Gasteiger partial charge on any atom is 0.249 e. The number of carbonyl (C=O) groups excluding carboxylic acids is 2. The number of ether oxygens (including phenoxy) is 1. The van der Waals surface area contributed by atoms with Crippen LogP contribution in [-0.4, -0.2) is 55.0 Å². The molecule has 4 aliphatic rings. The van der Waals surface area contributed by atoms with Gasteiger partial charge >= 0.3 is 0 Å². The molecule has 0 radical (unpaired) electrons. The summed E-state index contributed by atoms with van der Waals surface area (Å²) in [6, 6.07) is 0. The standard InChI is InChI=1S/C17H24F2N2O3/c18-17(19)5-11(6-17)16(23)21-8-13(12-3-4-24-14(12)9-21)15(22)20-7-10-1-2-10/h10-14H,1-9H2,(H,20,22)/t12-,13+,14+/m0/s1. The normalized spacial score (nSPS) is 35.2. The number of alkyl halides is 2. The van der Waals surface area contributed by atoms with Gasteiger partial charge in [-0.3, -0.25) is 9.59 Å². The molecular formula is C17H24F2N2O3. The molecule has 5 nitrogen and oxygen atoms in total. The number of rotatable bonds is 4. The zero-order valence-corrected chi connectivity index (χ0v) is 13.7. The summed E-state index contributed by atoms with van der Waals surface area (Å²) in [7, 11) is 0.